The summed E-state index contributed by atoms with van der Waals surface area (Å²) in [4.78, 5) is 15.6. The molecule has 0 atom stereocenters. The molecule has 24 heavy (non-hydrogen) atoms. The van der Waals surface area contributed by atoms with Gasteiger partial charge in [-0.2, -0.15) is 5.10 Å². The first kappa shape index (κ1) is 17.4. The lowest BCUT2D eigenvalue weighted by molar-refractivity contribution is -0.119. The van der Waals surface area contributed by atoms with Gasteiger partial charge in [0.1, 0.15) is 0 Å². The lowest BCUT2D eigenvalue weighted by Gasteiger charge is -2.08. The maximum atomic E-state index is 11.7. The summed E-state index contributed by atoms with van der Waals surface area (Å²) in [6.45, 7) is -0.00395. The van der Waals surface area contributed by atoms with E-state index in [0.717, 1.165) is 11.8 Å². The fourth-order valence-corrected chi connectivity index (χ4v) is 2.31. The minimum absolute atomic E-state index is 0.00395. The molecule has 0 aliphatic heterocycles. The molecule has 0 spiro atoms. The number of carbonyl (C=O) groups is 1. The van der Waals surface area contributed by atoms with Crippen molar-refractivity contribution >= 4 is 33.5 Å². The minimum Gasteiger partial charge on any atom is -0.376 e. The van der Waals surface area contributed by atoms with Crippen LogP contribution in [0.3, 0.4) is 0 Å². The Bertz CT molecular complexity index is 822. The third kappa shape index (κ3) is 6.44. The summed E-state index contributed by atoms with van der Waals surface area (Å²) in [5, 5.41) is 6.72. The summed E-state index contributed by atoms with van der Waals surface area (Å²) in [5.41, 5.74) is 4.23. The summed E-state index contributed by atoms with van der Waals surface area (Å²) in [7, 11) is -3.34. The first-order valence-electron chi connectivity index (χ1n) is 6.96. The van der Waals surface area contributed by atoms with Gasteiger partial charge in [-0.3, -0.25) is 14.5 Å². The Morgan fingerprint density at radius 3 is 2.62 bits per heavy atom. The number of amides is 1. The molecule has 0 saturated carbocycles. The molecule has 1 aromatic heterocycles. The van der Waals surface area contributed by atoms with Gasteiger partial charge in [0.2, 0.25) is 10.0 Å². The van der Waals surface area contributed by atoms with Gasteiger partial charge in [0.15, 0.2) is 0 Å². The highest BCUT2D eigenvalue weighted by atomic mass is 32.2. The summed E-state index contributed by atoms with van der Waals surface area (Å²) >= 11 is 0. The molecule has 0 aliphatic rings. The van der Waals surface area contributed by atoms with E-state index in [2.05, 4.69) is 25.6 Å². The smallest absolute Gasteiger partial charge is 0.259 e. The first-order valence-corrected chi connectivity index (χ1v) is 8.85. The van der Waals surface area contributed by atoms with Gasteiger partial charge in [0.25, 0.3) is 5.91 Å². The Labute approximate surface area is 140 Å². The van der Waals surface area contributed by atoms with Gasteiger partial charge in [-0.1, -0.05) is 6.07 Å². The normalized spacial score (nSPS) is 11.2. The maximum absolute atomic E-state index is 11.7. The molecular weight excluding hydrogens is 330 g/mol. The van der Waals surface area contributed by atoms with E-state index in [4.69, 9.17) is 0 Å². The van der Waals surface area contributed by atoms with E-state index in [1.807, 2.05) is 0 Å². The number of hydrazone groups is 1. The average Bonchev–Trinajstić information content (AvgIpc) is 2.53. The number of hydrogen-bond acceptors (Lipinski definition) is 6. The lowest BCUT2D eigenvalue weighted by atomic mass is 10.3. The van der Waals surface area contributed by atoms with Crippen LogP contribution in [0.5, 0.6) is 0 Å². The van der Waals surface area contributed by atoms with Crippen molar-refractivity contribution in [1.82, 2.24) is 10.4 Å². The standard InChI is InChI=1S/C15H17N5O3S/c1-24(22,23)20-14-4-2-3-13(9-14)17-11-15(21)19-18-10-12-5-7-16-8-6-12/h2-10,17,20H,11H2,1H3,(H,19,21). The highest BCUT2D eigenvalue weighted by molar-refractivity contribution is 7.92. The number of aromatic nitrogens is 1. The summed E-state index contributed by atoms with van der Waals surface area (Å²) in [6.07, 6.45) is 5.84. The molecule has 0 unspecified atom stereocenters. The summed E-state index contributed by atoms with van der Waals surface area (Å²) in [6, 6.07) is 10.1. The van der Waals surface area contributed by atoms with Crippen molar-refractivity contribution < 1.29 is 13.2 Å². The molecule has 2 rings (SSSR count). The van der Waals surface area contributed by atoms with Crippen molar-refractivity contribution in [3.8, 4) is 0 Å². The number of rotatable bonds is 7. The van der Waals surface area contributed by atoms with Crippen LogP contribution in [0.15, 0.2) is 53.9 Å². The van der Waals surface area contributed by atoms with Gasteiger partial charge in [0, 0.05) is 18.1 Å². The van der Waals surface area contributed by atoms with E-state index in [1.165, 1.54) is 6.21 Å². The Kier molecular flexibility index (Phi) is 5.85. The molecule has 0 fully saturated rings. The van der Waals surface area contributed by atoms with Gasteiger partial charge in [-0.15, -0.1) is 0 Å². The highest BCUT2D eigenvalue weighted by Gasteiger charge is 2.03. The summed E-state index contributed by atoms with van der Waals surface area (Å²) < 4.78 is 24.8. The second-order valence-corrected chi connectivity index (χ2v) is 6.63. The Hall–Kier alpha value is -2.94. The van der Waals surface area contributed by atoms with E-state index in [1.54, 1.807) is 48.8 Å². The number of nitrogens with one attached hydrogen (secondary N) is 3. The molecule has 2 aromatic rings. The molecular formula is C15H17N5O3S. The van der Waals surface area contributed by atoms with Crippen LogP contribution in [0.1, 0.15) is 5.56 Å². The lowest BCUT2D eigenvalue weighted by Crippen LogP contribution is -2.25. The number of pyridine rings is 1. The van der Waals surface area contributed by atoms with Crippen LogP contribution in [0.4, 0.5) is 11.4 Å². The molecule has 1 amide bonds. The molecule has 0 radical (unpaired) electrons. The molecule has 8 nitrogen and oxygen atoms in total. The van der Waals surface area contributed by atoms with Crippen molar-refractivity contribution in [2.75, 3.05) is 22.8 Å². The Balaban J connectivity index is 1.83. The number of anilines is 2. The van der Waals surface area contributed by atoms with Crippen LogP contribution < -0.4 is 15.5 Å². The van der Waals surface area contributed by atoms with Crippen molar-refractivity contribution in [1.29, 1.82) is 0 Å². The van der Waals surface area contributed by atoms with E-state index >= 15 is 0 Å². The van der Waals surface area contributed by atoms with Gasteiger partial charge >= 0.3 is 0 Å². The number of hydrogen-bond donors (Lipinski definition) is 3. The van der Waals surface area contributed by atoms with Crippen molar-refractivity contribution in [2.24, 2.45) is 5.10 Å². The topological polar surface area (TPSA) is 113 Å². The molecule has 1 aromatic carbocycles. The predicted molar refractivity (Wildman–Crippen MR) is 93.4 cm³/mol. The largest absolute Gasteiger partial charge is 0.376 e. The monoisotopic (exact) mass is 347 g/mol. The van der Waals surface area contributed by atoms with Gasteiger partial charge < -0.3 is 5.32 Å². The van der Waals surface area contributed by atoms with Gasteiger partial charge in [0.05, 0.1) is 24.7 Å². The Morgan fingerprint density at radius 2 is 1.92 bits per heavy atom. The third-order valence-electron chi connectivity index (χ3n) is 2.73. The molecule has 1 heterocycles. The number of sulfonamides is 1. The van der Waals surface area contributed by atoms with Crippen LogP contribution >= 0.6 is 0 Å². The quantitative estimate of drug-likeness (QED) is 0.511. The number of nitrogens with zero attached hydrogens (tertiary/aromatic N) is 2. The number of benzene rings is 1. The second kappa shape index (κ2) is 8.06. The molecule has 0 saturated heterocycles. The third-order valence-corrected chi connectivity index (χ3v) is 3.33. The maximum Gasteiger partial charge on any atom is 0.259 e. The minimum atomic E-state index is -3.34. The van der Waals surface area contributed by atoms with Crippen LogP contribution in [-0.2, 0) is 14.8 Å². The SMILES string of the molecule is CS(=O)(=O)Nc1cccc(NCC(=O)NN=Cc2ccncc2)c1. The molecule has 0 bridgehead atoms. The van der Waals surface area contributed by atoms with Gasteiger partial charge in [-0.05, 0) is 35.9 Å². The molecule has 126 valence electrons. The van der Waals surface area contributed by atoms with Crippen LogP contribution in [-0.4, -0.2) is 38.3 Å². The molecule has 3 N–H and O–H groups in total. The molecule has 0 aliphatic carbocycles. The number of carbonyl (C=O) groups excluding carboxylic acids is 1. The summed E-state index contributed by atoms with van der Waals surface area (Å²) in [5.74, 6) is -0.332. The first-order chi connectivity index (χ1) is 11.4. The predicted octanol–water partition coefficient (Wildman–Crippen LogP) is 1.02. The zero-order valence-electron chi connectivity index (χ0n) is 12.9. The van der Waals surface area contributed by atoms with E-state index in [9.17, 15) is 13.2 Å². The van der Waals surface area contributed by atoms with Crippen molar-refractivity contribution in [3.05, 3.63) is 54.4 Å². The van der Waals surface area contributed by atoms with Crippen molar-refractivity contribution in [3.63, 3.8) is 0 Å². The zero-order valence-corrected chi connectivity index (χ0v) is 13.7. The van der Waals surface area contributed by atoms with Crippen molar-refractivity contribution in [2.45, 2.75) is 0 Å². The Morgan fingerprint density at radius 1 is 1.21 bits per heavy atom. The van der Waals surface area contributed by atoms with Crippen LogP contribution in [0.2, 0.25) is 0 Å². The second-order valence-electron chi connectivity index (χ2n) is 4.88. The van der Waals surface area contributed by atoms with E-state index < -0.39 is 10.0 Å². The zero-order chi connectivity index (χ0) is 17.4. The average molecular weight is 347 g/mol. The van der Waals surface area contributed by atoms with Crippen LogP contribution in [0, 0.1) is 0 Å². The van der Waals surface area contributed by atoms with Gasteiger partial charge in [-0.25, -0.2) is 13.8 Å². The van der Waals surface area contributed by atoms with E-state index in [-0.39, 0.29) is 12.5 Å². The fraction of sp³-hybridized carbons (Fsp3) is 0.133. The highest BCUT2D eigenvalue weighted by Crippen LogP contribution is 2.15. The fourth-order valence-electron chi connectivity index (χ4n) is 1.76. The molecule has 9 heteroatoms. The van der Waals surface area contributed by atoms with Crippen LogP contribution in [0.25, 0.3) is 0 Å². The van der Waals surface area contributed by atoms with E-state index in [0.29, 0.717) is 11.4 Å².